The van der Waals surface area contributed by atoms with Crippen molar-refractivity contribution < 1.29 is 19.1 Å². The predicted octanol–water partition coefficient (Wildman–Crippen LogP) is 3.69. The number of aryl methyl sites for hydroxylation is 1. The highest BCUT2D eigenvalue weighted by Gasteiger charge is 2.22. The Morgan fingerprint density at radius 3 is 2.68 bits per heavy atom. The second-order valence-corrected chi connectivity index (χ2v) is 6.57. The van der Waals surface area contributed by atoms with E-state index in [-0.39, 0.29) is 17.0 Å². The maximum atomic E-state index is 12.1. The van der Waals surface area contributed by atoms with Gasteiger partial charge in [0.1, 0.15) is 21.7 Å². The molecule has 2 rings (SSSR count). The summed E-state index contributed by atoms with van der Waals surface area (Å²) in [6.07, 6.45) is 0. The molecule has 0 bridgehead atoms. The number of amides is 1. The van der Waals surface area contributed by atoms with Crippen molar-refractivity contribution in [2.24, 2.45) is 0 Å². The van der Waals surface area contributed by atoms with Crippen LogP contribution in [0.15, 0.2) is 18.2 Å². The number of hydrogen-bond donors (Lipinski definition) is 1. The average molecular weight is 379 g/mol. The summed E-state index contributed by atoms with van der Waals surface area (Å²) >= 11 is 6.87. The third-order valence-corrected chi connectivity index (χ3v) is 4.80. The molecule has 0 aliphatic heterocycles. The van der Waals surface area contributed by atoms with Gasteiger partial charge in [0.05, 0.1) is 12.7 Å². The molecular weight excluding hydrogens is 364 g/mol. The van der Waals surface area contributed by atoms with Gasteiger partial charge in [-0.25, -0.2) is 4.79 Å². The zero-order valence-electron chi connectivity index (χ0n) is 13.8. The molecule has 1 N–H and O–H groups in total. The summed E-state index contributed by atoms with van der Waals surface area (Å²) in [5, 5.41) is 12.7. The number of nitrogens with one attached hydrogen (secondary N) is 1. The maximum absolute atomic E-state index is 12.1. The maximum Gasteiger partial charge on any atom is 0.348 e. The first-order valence-corrected chi connectivity index (χ1v) is 8.37. The highest BCUT2D eigenvalue weighted by Crippen LogP contribution is 2.33. The first-order valence-electron chi connectivity index (χ1n) is 7.18. The van der Waals surface area contributed by atoms with E-state index < -0.39 is 11.9 Å². The highest BCUT2D eigenvalue weighted by atomic mass is 35.5. The Hall–Kier alpha value is -2.56. The molecule has 25 heavy (non-hydrogen) atoms. The summed E-state index contributed by atoms with van der Waals surface area (Å²) in [5.74, 6) is -0.450. The fourth-order valence-corrected chi connectivity index (χ4v) is 3.42. The summed E-state index contributed by atoms with van der Waals surface area (Å²) in [6.45, 7) is 3.21. The van der Waals surface area contributed by atoms with Gasteiger partial charge in [-0.2, -0.15) is 5.26 Å². The molecule has 6 nitrogen and oxygen atoms in total. The molecule has 0 saturated carbocycles. The van der Waals surface area contributed by atoms with Gasteiger partial charge in [-0.05, 0) is 43.2 Å². The van der Waals surface area contributed by atoms with Gasteiger partial charge < -0.3 is 14.8 Å². The highest BCUT2D eigenvalue weighted by molar-refractivity contribution is 7.18. The van der Waals surface area contributed by atoms with Crippen molar-refractivity contribution in [3.05, 3.63) is 44.8 Å². The van der Waals surface area contributed by atoms with Crippen molar-refractivity contribution in [2.75, 3.05) is 19.0 Å². The molecule has 0 radical (unpaired) electrons. The number of esters is 1. The summed E-state index contributed by atoms with van der Waals surface area (Å²) in [7, 11) is 1.26. The standard InChI is InChI=1S/C17H15ClN2O4S/c1-9-6-11(18)4-5-13(9)24-8-14(21)20-16-12(7-19)10(2)15(25-16)17(22)23-3/h4-6H,8H2,1-3H3,(H,20,21). The monoisotopic (exact) mass is 378 g/mol. The van der Waals surface area contributed by atoms with E-state index in [1.807, 2.05) is 13.0 Å². The quantitative estimate of drug-likeness (QED) is 0.801. The summed E-state index contributed by atoms with van der Waals surface area (Å²) in [4.78, 5) is 24.1. The molecule has 0 aliphatic rings. The lowest BCUT2D eigenvalue weighted by Gasteiger charge is -2.09. The minimum absolute atomic E-state index is 0.237. The fourth-order valence-electron chi connectivity index (χ4n) is 2.10. The van der Waals surface area contributed by atoms with Crippen LogP contribution in [0.4, 0.5) is 5.00 Å². The van der Waals surface area contributed by atoms with E-state index in [1.54, 1.807) is 25.1 Å². The van der Waals surface area contributed by atoms with Crippen molar-refractivity contribution in [1.29, 1.82) is 5.26 Å². The second kappa shape index (κ2) is 8.01. The van der Waals surface area contributed by atoms with E-state index in [2.05, 4.69) is 10.1 Å². The van der Waals surface area contributed by atoms with Crippen molar-refractivity contribution in [3.8, 4) is 11.8 Å². The number of anilines is 1. The molecule has 1 aromatic heterocycles. The smallest absolute Gasteiger partial charge is 0.348 e. The molecule has 0 atom stereocenters. The Balaban J connectivity index is 2.10. The molecule has 0 aliphatic carbocycles. The zero-order valence-corrected chi connectivity index (χ0v) is 15.4. The topological polar surface area (TPSA) is 88.4 Å². The van der Waals surface area contributed by atoms with Gasteiger partial charge in [-0.3, -0.25) is 4.79 Å². The number of hydrogen-bond acceptors (Lipinski definition) is 6. The van der Waals surface area contributed by atoms with Gasteiger partial charge in [-0.1, -0.05) is 11.6 Å². The van der Waals surface area contributed by atoms with E-state index >= 15 is 0 Å². The van der Waals surface area contributed by atoms with E-state index in [1.165, 1.54) is 7.11 Å². The number of thiophene rings is 1. The number of nitrogens with zero attached hydrogens (tertiary/aromatic N) is 1. The van der Waals surface area contributed by atoms with Crippen LogP contribution in [0.1, 0.15) is 26.4 Å². The van der Waals surface area contributed by atoms with Gasteiger partial charge in [-0.15, -0.1) is 11.3 Å². The van der Waals surface area contributed by atoms with Crippen LogP contribution in [0.3, 0.4) is 0 Å². The normalized spacial score (nSPS) is 10.0. The van der Waals surface area contributed by atoms with Crippen LogP contribution in [0.25, 0.3) is 0 Å². The summed E-state index contributed by atoms with van der Waals surface area (Å²) in [5.41, 5.74) is 1.52. The minimum Gasteiger partial charge on any atom is -0.483 e. The van der Waals surface area contributed by atoms with E-state index in [0.29, 0.717) is 21.3 Å². The Kier molecular flexibility index (Phi) is 6.02. The number of rotatable bonds is 5. The molecule has 0 spiro atoms. The number of methoxy groups -OCH3 is 1. The first kappa shape index (κ1) is 18.8. The van der Waals surface area contributed by atoms with Gasteiger partial charge in [0, 0.05) is 5.02 Å². The van der Waals surface area contributed by atoms with Crippen LogP contribution in [-0.4, -0.2) is 25.6 Å². The Morgan fingerprint density at radius 2 is 2.08 bits per heavy atom. The van der Waals surface area contributed by atoms with Crippen LogP contribution >= 0.6 is 22.9 Å². The number of ether oxygens (including phenoxy) is 2. The molecule has 130 valence electrons. The summed E-state index contributed by atoms with van der Waals surface area (Å²) < 4.78 is 10.1. The van der Waals surface area contributed by atoms with Gasteiger partial charge in [0.2, 0.25) is 0 Å². The number of nitriles is 1. The fraction of sp³-hybridized carbons (Fsp3) is 0.235. The molecule has 0 unspecified atom stereocenters. The SMILES string of the molecule is COC(=O)c1sc(NC(=O)COc2ccc(Cl)cc2C)c(C#N)c1C. The first-order chi connectivity index (χ1) is 11.9. The Labute approximate surface area is 153 Å². The Morgan fingerprint density at radius 1 is 1.36 bits per heavy atom. The predicted molar refractivity (Wildman–Crippen MR) is 95.4 cm³/mol. The second-order valence-electron chi connectivity index (χ2n) is 5.11. The molecule has 1 heterocycles. The van der Waals surface area contributed by atoms with Gasteiger partial charge >= 0.3 is 5.97 Å². The van der Waals surface area contributed by atoms with Crippen molar-refractivity contribution >= 4 is 39.8 Å². The number of halogens is 1. The van der Waals surface area contributed by atoms with Crippen LogP contribution in [0.2, 0.25) is 5.02 Å². The average Bonchev–Trinajstić information content (AvgIpc) is 2.88. The van der Waals surface area contributed by atoms with E-state index in [0.717, 1.165) is 16.9 Å². The van der Waals surface area contributed by atoms with E-state index in [4.69, 9.17) is 16.3 Å². The number of benzene rings is 1. The molecule has 1 aromatic carbocycles. The molecule has 8 heteroatoms. The van der Waals surface area contributed by atoms with Crippen LogP contribution in [-0.2, 0) is 9.53 Å². The van der Waals surface area contributed by atoms with Crippen LogP contribution in [0.5, 0.6) is 5.75 Å². The van der Waals surface area contributed by atoms with Gasteiger partial charge in [0.15, 0.2) is 6.61 Å². The van der Waals surface area contributed by atoms with Crippen LogP contribution in [0, 0.1) is 25.2 Å². The van der Waals surface area contributed by atoms with E-state index in [9.17, 15) is 14.9 Å². The number of carbonyl (C=O) groups excluding carboxylic acids is 2. The van der Waals surface area contributed by atoms with Gasteiger partial charge in [0.25, 0.3) is 5.91 Å². The lowest BCUT2D eigenvalue weighted by Crippen LogP contribution is -2.20. The third kappa shape index (κ3) is 4.29. The minimum atomic E-state index is -0.549. The van der Waals surface area contributed by atoms with Crippen LogP contribution < -0.4 is 10.1 Å². The Bertz CT molecular complexity index is 870. The molecule has 0 fully saturated rings. The lowest BCUT2D eigenvalue weighted by molar-refractivity contribution is -0.118. The summed E-state index contributed by atoms with van der Waals surface area (Å²) in [6, 6.07) is 7.06. The third-order valence-electron chi connectivity index (χ3n) is 3.38. The van der Waals surface area contributed by atoms with Crippen molar-refractivity contribution in [2.45, 2.75) is 13.8 Å². The number of carbonyl (C=O) groups is 2. The molecule has 1 amide bonds. The molecular formula is C17H15ClN2O4S. The largest absolute Gasteiger partial charge is 0.483 e. The molecule has 2 aromatic rings. The molecule has 0 saturated heterocycles. The van der Waals surface area contributed by atoms with Crippen molar-refractivity contribution in [3.63, 3.8) is 0 Å². The van der Waals surface area contributed by atoms with Crippen molar-refractivity contribution in [1.82, 2.24) is 0 Å². The zero-order chi connectivity index (χ0) is 18.6. The lowest BCUT2D eigenvalue weighted by atomic mass is 10.2.